The lowest BCUT2D eigenvalue weighted by Gasteiger charge is -2.27. The fourth-order valence-electron chi connectivity index (χ4n) is 3.82. The topological polar surface area (TPSA) is 89.5 Å². The van der Waals surface area contributed by atoms with Crippen molar-refractivity contribution in [3.05, 3.63) is 59.3 Å². The van der Waals surface area contributed by atoms with Gasteiger partial charge in [-0.15, -0.1) is 12.4 Å². The molecule has 0 saturated carbocycles. The van der Waals surface area contributed by atoms with Gasteiger partial charge in [0.1, 0.15) is 17.4 Å². The Bertz CT molecular complexity index is 1190. The van der Waals surface area contributed by atoms with E-state index < -0.39 is 5.82 Å². The smallest absolute Gasteiger partial charge is 0.151 e. The zero-order valence-electron chi connectivity index (χ0n) is 16.9. The molecule has 0 aliphatic carbocycles. The molecule has 4 aromatic rings. The Morgan fingerprint density at radius 3 is 2.61 bits per heavy atom. The summed E-state index contributed by atoms with van der Waals surface area (Å²) < 4.78 is 19.4. The van der Waals surface area contributed by atoms with Gasteiger partial charge in [0.05, 0.1) is 27.9 Å². The van der Waals surface area contributed by atoms with Crippen molar-refractivity contribution in [1.82, 2.24) is 19.9 Å². The highest BCUT2D eigenvalue weighted by Gasteiger charge is 2.21. The van der Waals surface area contributed by atoms with Crippen LogP contribution in [-0.4, -0.2) is 45.5 Å². The van der Waals surface area contributed by atoms with E-state index >= 15 is 0 Å². The van der Waals surface area contributed by atoms with Crippen molar-refractivity contribution in [1.29, 1.82) is 0 Å². The van der Waals surface area contributed by atoms with Gasteiger partial charge in [-0.05, 0) is 69.4 Å². The lowest BCUT2D eigenvalue weighted by Crippen LogP contribution is -2.29. The third-order valence-corrected chi connectivity index (χ3v) is 5.84. The van der Waals surface area contributed by atoms with E-state index in [2.05, 4.69) is 21.9 Å². The summed E-state index contributed by atoms with van der Waals surface area (Å²) in [6, 6.07) is 10.2. The standard InChI is InChI=1S/C22H20ClFN4O.ClH.H2O/c1-28-8-6-13(7-9-28)22-25-12-19-17(27-22)11-18(26-19)21-5-4-20(29-21)14-2-3-16(24)15(23)10-14;;/h2-5,10-13,26H,6-9H2,1H3;1H;1H2. The zero-order valence-corrected chi connectivity index (χ0v) is 18.4. The number of rotatable bonds is 3. The van der Waals surface area contributed by atoms with Crippen LogP contribution in [0.4, 0.5) is 4.39 Å². The first-order valence-corrected chi connectivity index (χ1v) is 10.0. The molecule has 0 radical (unpaired) electrons. The lowest BCUT2D eigenvalue weighted by molar-refractivity contribution is 0.251. The molecule has 9 heteroatoms. The molecule has 6 nitrogen and oxygen atoms in total. The Kier molecular flexibility index (Phi) is 7.01. The van der Waals surface area contributed by atoms with Crippen LogP contribution in [0.25, 0.3) is 33.8 Å². The van der Waals surface area contributed by atoms with Gasteiger partial charge in [-0.3, -0.25) is 0 Å². The van der Waals surface area contributed by atoms with Crippen LogP contribution in [0.5, 0.6) is 0 Å². The molecule has 4 heterocycles. The summed E-state index contributed by atoms with van der Waals surface area (Å²) in [7, 11) is 2.15. The normalized spacial score (nSPS) is 14.9. The fourth-order valence-corrected chi connectivity index (χ4v) is 4.00. The molecular weight excluding hydrogens is 442 g/mol. The second-order valence-electron chi connectivity index (χ2n) is 7.58. The summed E-state index contributed by atoms with van der Waals surface area (Å²) in [5.74, 6) is 2.18. The van der Waals surface area contributed by atoms with E-state index in [9.17, 15) is 4.39 Å². The maximum Gasteiger partial charge on any atom is 0.151 e. The summed E-state index contributed by atoms with van der Waals surface area (Å²) >= 11 is 5.89. The van der Waals surface area contributed by atoms with E-state index in [0.29, 0.717) is 17.4 Å². The van der Waals surface area contributed by atoms with Gasteiger partial charge >= 0.3 is 0 Å². The van der Waals surface area contributed by atoms with Crippen LogP contribution in [0.3, 0.4) is 0 Å². The van der Waals surface area contributed by atoms with Crippen molar-refractivity contribution in [2.24, 2.45) is 0 Å². The molecule has 3 N–H and O–H groups in total. The Balaban J connectivity index is 0.00000136. The SMILES string of the molecule is CN1CCC(c2ncc3[nH]c(-c4ccc(-c5ccc(F)c(Cl)c5)o4)cc3n2)CC1.Cl.O. The number of nitrogens with one attached hydrogen (secondary N) is 1. The molecule has 164 valence electrons. The van der Waals surface area contributed by atoms with Gasteiger partial charge in [-0.1, -0.05) is 11.6 Å². The van der Waals surface area contributed by atoms with Crippen LogP contribution >= 0.6 is 24.0 Å². The Labute approximate surface area is 190 Å². The first kappa shape index (κ1) is 23.2. The molecule has 0 atom stereocenters. The summed E-state index contributed by atoms with van der Waals surface area (Å²) in [5, 5.41) is 0.0720. The van der Waals surface area contributed by atoms with Crippen molar-refractivity contribution in [2.45, 2.75) is 18.8 Å². The average Bonchev–Trinajstić information content (AvgIpc) is 3.37. The first-order chi connectivity index (χ1) is 14.1. The van der Waals surface area contributed by atoms with Gasteiger partial charge in [-0.2, -0.15) is 0 Å². The quantitative estimate of drug-likeness (QED) is 0.457. The molecule has 1 aliphatic heterocycles. The third kappa shape index (κ3) is 4.60. The molecule has 5 rings (SSSR count). The maximum atomic E-state index is 13.4. The second kappa shape index (κ2) is 9.36. The number of likely N-dealkylation sites (tertiary alicyclic amines) is 1. The van der Waals surface area contributed by atoms with Crippen LogP contribution in [0, 0.1) is 5.82 Å². The van der Waals surface area contributed by atoms with Crippen molar-refractivity contribution in [2.75, 3.05) is 20.1 Å². The molecule has 1 saturated heterocycles. The van der Waals surface area contributed by atoms with E-state index in [1.807, 2.05) is 24.4 Å². The Morgan fingerprint density at radius 2 is 1.87 bits per heavy atom. The van der Waals surface area contributed by atoms with Gasteiger partial charge in [0.15, 0.2) is 5.76 Å². The molecule has 0 amide bonds. The van der Waals surface area contributed by atoms with Crippen LogP contribution in [0.1, 0.15) is 24.6 Å². The minimum Gasteiger partial charge on any atom is -0.455 e. The monoisotopic (exact) mass is 464 g/mol. The third-order valence-electron chi connectivity index (χ3n) is 5.55. The summed E-state index contributed by atoms with van der Waals surface area (Å²) in [5.41, 5.74) is 3.31. The maximum absolute atomic E-state index is 13.4. The van der Waals surface area contributed by atoms with Crippen LogP contribution < -0.4 is 0 Å². The lowest BCUT2D eigenvalue weighted by atomic mass is 9.96. The van der Waals surface area contributed by atoms with Crippen LogP contribution in [-0.2, 0) is 0 Å². The Morgan fingerprint density at radius 1 is 1.13 bits per heavy atom. The highest BCUT2D eigenvalue weighted by Crippen LogP contribution is 2.32. The van der Waals surface area contributed by atoms with Crippen molar-refractivity contribution in [3.63, 3.8) is 0 Å². The average molecular weight is 465 g/mol. The van der Waals surface area contributed by atoms with Crippen molar-refractivity contribution in [3.8, 4) is 22.8 Å². The number of hydrogen-bond donors (Lipinski definition) is 1. The summed E-state index contributed by atoms with van der Waals surface area (Å²) in [4.78, 5) is 15.0. The minimum atomic E-state index is -0.447. The zero-order chi connectivity index (χ0) is 20.0. The summed E-state index contributed by atoms with van der Waals surface area (Å²) in [6.07, 6.45) is 4.02. The molecule has 1 fully saturated rings. The first-order valence-electron chi connectivity index (χ1n) is 9.66. The molecule has 0 spiro atoms. The fraction of sp³-hybridized carbons (Fsp3) is 0.273. The van der Waals surface area contributed by atoms with E-state index in [4.69, 9.17) is 21.0 Å². The highest BCUT2D eigenvalue weighted by atomic mass is 35.5. The second-order valence-corrected chi connectivity index (χ2v) is 7.99. The van der Waals surface area contributed by atoms with E-state index in [1.165, 1.54) is 6.07 Å². The van der Waals surface area contributed by atoms with Crippen LogP contribution in [0.15, 0.2) is 47.0 Å². The number of halogens is 3. The number of benzene rings is 1. The molecular formula is C22H23Cl2FN4O2. The minimum absolute atomic E-state index is 0. The van der Waals surface area contributed by atoms with Gasteiger partial charge in [0.25, 0.3) is 0 Å². The van der Waals surface area contributed by atoms with Crippen LogP contribution in [0.2, 0.25) is 5.02 Å². The number of fused-ring (bicyclic) bond motifs is 1. The van der Waals surface area contributed by atoms with E-state index in [1.54, 1.807) is 12.1 Å². The number of piperidine rings is 1. The summed E-state index contributed by atoms with van der Waals surface area (Å²) in [6.45, 7) is 2.15. The van der Waals surface area contributed by atoms with Crippen molar-refractivity contribution < 1.29 is 14.3 Å². The molecule has 1 aromatic carbocycles. The number of aromatic nitrogens is 3. The van der Waals surface area contributed by atoms with Gasteiger partial charge in [0.2, 0.25) is 0 Å². The predicted molar refractivity (Wildman–Crippen MR) is 122 cm³/mol. The largest absolute Gasteiger partial charge is 0.455 e. The van der Waals surface area contributed by atoms with E-state index in [0.717, 1.165) is 54.0 Å². The molecule has 0 unspecified atom stereocenters. The molecule has 3 aromatic heterocycles. The number of hydrogen-bond acceptors (Lipinski definition) is 4. The molecule has 0 bridgehead atoms. The van der Waals surface area contributed by atoms with E-state index in [-0.39, 0.29) is 22.9 Å². The van der Waals surface area contributed by atoms with Gasteiger partial charge in [-0.25, -0.2) is 14.4 Å². The number of aromatic amines is 1. The van der Waals surface area contributed by atoms with Crippen molar-refractivity contribution >= 4 is 35.0 Å². The number of nitrogens with zero attached hydrogens (tertiary/aromatic N) is 3. The van der Waals surface area contributed by atoms with Gasteiger partial charge < -0.3 is 19.8 Å². The molecule has 1 aliphatic rings. The molecule has 31 heavy (non-hydrogen) atoms. The highest BCUT2D eigenvalue weighted by molar-refractivity contribution is 6.31. The predicted octanol–water partition coefficient (Wildman–Crippen LogP) is 5.08. The number of H-pyrrole nitrogens is 1. The Hall–Kier alpha value is -2.45. The number of furan rings is 1. The van der Waals surface area contributed by atoms with Gasteiger partial charge in [0, 0.05) is 11.5 Å².